The van der Waals surface area contributed by atoms with Gasteiger partial charge in [0.05, 0.1) is 11.1 Å². The predicted molar refractivity (Wildman–Crippen MR) is 74.6 cm³/mol. The maximum atomic E-state index is 13.1. The maximum Gasteiger partial charge on any atom is 0.417 e. The fourth-order valence-electron chi connectivity index (χ4n) is 2.26. The average molecular weight is 333 g/mol. The van der Waals surface area contributed by atoms with Gasteiger partial charge in [0, 0.05) is 0 Å². The molecule has 7 heteroatoms. The highest BCUT2D eigenvalue weighted by Crippen LogP contribution is 2.39. The molecule has 23 heavy (non-hydrogen) atoms. The van der Waals surface area contributed by atoms with Crippen molar-refractivity contribution in [1.29, 1.82) is 0 Å². The van der Waals surface area contributed by atoms with Gasteiger partial charge in [-0.25, -0.2) is 0 Å². The van der Waals surface area contributed by atoms with Crippen LogP contribution in [0.5, 0.6) is 0 Å². The summed E-state index contributed by atoms with van der Waals surface area (Å²) in [7, 11) is 0. The van der Waals surface area contributed by atoms with E-state index in [1.165, 1.54) is 18.2 Å². The Labute approximate surface area is 128 Å². The van der Waals surface area contributed by atoms with Gasteiger partial charge < -0.3 is 5.73 Å². The van der Waals surface area contributed by atoms with Crippen LogP contribution in [0, 0.1) is 0 Å². The summed E-state index contributed by atoms with van der Waals surface area (Å²) >= 11 is 0. The largest absolute Gasteiger partial charge is 0.417 e. The molecular formula is C16H13F6N. The monoisotopic (exact) mass is 333 g/mol. The standard InChI is InChI=1S/C16H13F6N/c17-15(18,19)12-3-1-2-11(9-12)13-8-10(6-7-23)4-5-14(13)16(20,21)22/h1-5,8-9H,6-7,23H2. The molecule has 0 spiro atoms. The van der Waals surface area contributed by atoms with E-state index in [1.807, 2.05) is 0 Å². The zero-order valence-electron chi connectivity index (χ0n) is 11.8. The molecule has 0 amide bonds. The first-order valence-electron chi connectivity index (χ1n) is 6.71. The Balaban J connectivity index is 2.62. The highest BCUT2D eigenvalue weighted by atomic mass is 19.4. The van der Waals surface area contributed by atoms with Crippen molar-refractivity contribution in [2.45, 2.75) is 18.8 Å². The van der Waals surface area contributed by atoms with Gasteiger partial charge in [0.1, 0.15) is 0 Å². The van der Waals surface area contributed by atoms with Gasteiger partial charge in [-0.1, -0.05) is 24.3 Å². The zero-order valence-corrected chi connectivity index (χ0v) is 11.8. The fraction of sp³-hybridized carbons (Fsp3) is 0.250. The molecule has 0 saturated heterocycles. The first-order chi connectivity index (χ1) is 10.6. The van der Waals surface area contributed by atoms with Gasteiger partial charge in [-0.15, -0.1) is 0 Å². The van der Waals surface area contributed by atoms with Crippen molar-refractivity contribution in [2.24, 2.45) is 5.73 Å². The summed E-state index contributed by atoms with van der Waals surface area (Å²) in [5.41, 5.74) is 3.53. The molecule has 0 aliphatic rings. The van der Waals surface area contributed by atoms with Crippen molar-refractivity contribution in [3.63, 3.8) is 0 Å². The van der Waals surface area contributed by atoms with Crippen LogP contribution in [0.3, 0.4) is 0 Å². The van der Waals surface area contributed by atoms with Gasteiger partial charge in [-0.2, -0.15) is 26.3 Å². The molecule has 0 aliphatic carbocycles. The SMILES string of the molecule is NCCc1ccc(C(F)(F)F)c(-c2cccc(C(F)(F)F)c2)c1. The van der Waals surface area contributed by atoms with E-state index in [9.17, 15) is 26.3 Å². The molecule has 0 atom stereocenters. The lowest BCUT2D eigenvalue weighted by atomic mass is 9.94. The van der Waals surface area contributed by atoms with Gasteiger partial charge >= 0.3 is 12.4 Å². The second kappa shape index (κ2) is 6.23. The highest BCUT2D eigenvalue weighted by Gasteiger charge is 2.35. The summed E-state index contributed by atoms with van der Waals surface area (Å²) in [5.74, 6) is 0. The minimum absolute atomic E-state index is 0.133. The highest BCUT2D eigenvalue weighted by molar-refractivity contribution is 5.69. The minimum Gasteiger partial charge on any atom is -0.330 e. The summed E-state index contributed by atoms with van der Waals surface area (Å²) in [6, 6.07) is 7.26. The van der Waals surface area contributed by atoms with Crippen molar-refractivity contribution < 1.29 is 26.3 Å². The molecule has 0 saturated carbocycles. The summed E-state index contributed by atoms with van der Waals surface area (Å²) in [6.07, 6.45) is -8.95. The summed E-state index contributed by atoms with van der Waals surface area (Å²) in [5, 5.41) is 0. The fourth-order valence-corrected chi connectivity index (χ4v) is 2.26. The molecule has 0 aromatic heterocycles. The van der Waals surface area contributed by atoms with E-state index < -0.39 is 23.5 Å². The maximum absolute atomic E-state index is 13.1. The molecule has 2 aromatic carbocycles. The number of nitrogens with two attached hydrogens (primary N) is 1. The second-order valence-corrected chi connectivity index (χ2v) is 4.99. The Kier molecular flexibility index (Phi) is 4.70. The summed E-state index contributed by atoms with van der Waals surface area (Å²) < 4.78 is 77.8. The first kappa shape index (κ1) is 17.3. The van der Waals surface area contributed by atoms with E-state index >= 15 is 0 Å². The van der Waals surface area contributed by atoms with E-state index in [0.717, 1.165) is 24.3 Å². The van der Waals surface area contributed by atoms with Gasteiger partial charge in [-0.3, -0.25) is 0 Å². The third-order valence-corrected chi connectivity index (χ3v) is 3.32. The smallest absolute Gasteiger partial charge is 0.330 e. The van der Waals surface area contributed by atoms with Crippen LogP contribution in [0.25, 0.3) is 11.1 Å². The van der Waals surface area contributed by atoms with E-state index in [4.69, 9.17) is 5.73 Å². The minimum atomic E-state index is -4.66. The van der Waals surface area contributed by atoms with Crippen molar-refractivity contribution in [3.05, 3.63) is 59.2 Å². The molecule has 2 aromatic rings. The van der Waals surface area contributed by atoms with Crippen LogP contribution in [0.1, 0.15) is 16.7 Å². The normalized spacial score (nSPS) is 12.5. The molecule has 1 nitrogen and oxygen atoms in total. The van der Waals surface area contributed by atoms with Gasteiger partial charge in [0.2, 0.25) is 0 Å². The number of benzene rings is 2. The van der Waals surface area contributed by atoms with Crippen LogP contribution in [-0.2, 0) is 18.8 Å². The average Bonchev–Trinajstić information content (AvgIpc) is 2.46. The molecule has 0 unspecified atom stereocenters. The molecule has 2 N–H and O–H groups in total. The molecule has 0 heterocycles. The van der Waals surface area contributed by atoms with Crippen molar-refractivity contribution in [1.82, 2.24) is 0 Å². The lowest BCUT2D eigenvalue weighted by Gasteiger charge is -2.16. The Morgan fingerprint density at radius 1 is 0.826 bits per heavy atom. The van der Waals surface area contributed by atoms with E-state index in [0.29, 0.717) is 12.0 Å². The van der Waals surface area contributed by atoms with Crippen LogP contribution in [0.2, 0.25) is 0 Å². The molecule has 0 bridgehead atoms. The van der Waals surface area contributed by atoms with Crippen LogP contribution in [0.4, 0.5) is 26.3 Å². The molecule has 0 aliphatic heterocycles. The predicted octanol–water partition coefficient (Wildman–Crippen LogP) is 4.89. The molecule has 2 rings (SSSR count). The Bertz CT molecular complexity index is 688. The Morgan fingerprint density at radius 2 is 1.52 bits per heavy atom. The van der Waals surface area contributed by atoms with Crippen molar-refractivity contribution in [3.8, 4) is 11.1 Å². The second-order valence-electron chi connectivity index (χ2n) is 4.99. The lowest BCUT2D eigenvalue weighted by molar-refractivity contribution is -0.137. The Hall–Kier alpha value is -2.02. The third kappa shape index (κ3) is 4.04. The summed E-state index contributed by atoms with van der Waals surface area (Å²) in [6.45, 7) is 0.230. The molecular weight excluding hydrogens is 320 g/mol. The quantitative estimate of drug-likeness (QED) is 0.795. The van der Waals surface area contributed by atoms with Crippen LogP contribution >= 0.6 is 0 Å². The number of alkyl halides is 6. The van der Waals surface area contributed by atoms with Gasteiger partial charge in [-0.05, 0) is 47.9 Å². The number of rotatable bonds is 3. The molecule has 0 fully saturated rings. The Morgan fingerprint density at radius 3 is 2.09 bits per heavy atom. The van der Waals surface area contributed by atoms with Crippen LogP contribution < -0.4 is 5.73 Å². The van der Waals surface area contributed by atoms with E-state index in [2.05, 4.69) is 0 Å². The van der Waals surface area contributed by atoms with E-state index in [1.54, 1.807) is 0 Å². The van der Waals surface area contributed by atoms with Crippen molar-refractivity contribution >= 4 is 0 Å². The number of halogens is 6. The topological polar surface area (TPSA) is 26.0 Å². The van der Waals surface area contributed by atoms with E-state index in [-0.39, 0.29) is 17.7 Å². The number of hydrogen-bond acceptors (Lipinski definition) is 1. The van der Waals surface area contributed by atoms with Gasteiger partial charge in [0.15, 0.2) is 0 Å². The first-order valence-corrected chi connectivity index (χ1v) is 6.71. The van der Waals surface area contributed by atoms with Crippen LogP contribution in [-0.4, -0.2) is 6.54 Å². The van der Waals surface area contributed by atoms with Crippen molar-refractivity contribution in [2.75, 3.05) is 6.54 Å². The van der Waals surface area contributed by atoms with Crippen LogP contribution in [0.15, 0.2) is 42.5 Å². The third-order valence-electron chi connectivity index (χ3n) is 3.32. The molecule has 124 valence electrons. The summed E-state index contributed by atoms with van der Waals surface area (Å²) in [4.78, 5) is 0. The molecule has 0 radical (unpaired) electrons. The zero-order chi connectivity index (χ0) is 17.3. The van der Waals surface area contributed by atoms with Gasteiger partial charge in [0.25, 0.3) is 0 Å². The lowest BCUT2D eigenvalue weighted by Crippen LogP contribution is -2.10. The number of hydrogen-bond donors (Lipinski definition) is 1.